The third kappa shape index (κ3) is 4.31. The van der Waals surface area contributed by atoms with Gasteiger partial charge in [0.2, 0.25) is 0 Å². The van der Waals surface area contributed by atoms with E-state index in [2.05, 4.69) is 21.2 Å². The maximum atomic E-state index is 13.0. The average molecular weight is 454 g/mol. The van der Waals surface area contributed by atoms with E-state index < -0.39 is 6.03 Å². The molecule has 8 heteroatoms. The number of ether oxygens (including phenoxy) is 1. The van der Waals surface area contributed by atoms with Crippen LogP contribution in [0.5, 0.6) is 5.75 Å². The lowest BCUT2D eigenvalue weighted by Gasteiger charge is -2.11. The Labute approximate surface area is 168 Å². The number of amides is 3. The van der Waals surface area contributed by atoms with Gasteiger partial charge in [0.25, 0.3) is 5.91 Å². The molecule has 0 bridgehead atoms. The van der Waals surface area contributed by atoms with E-state index in [0.29, 0.717) is 27.4 Å². The second-order valence-corrected chi connectivity index (χ2v) is 7.03. The molecule has 5 nitrogen and oxygen atoms in total. The molecule has 1 saturated heterocycles. The highest BCUT2D eigenvalue weighted by Crippen LogP contribution is 2.35. The summed E-state index contributed by atoms with van der Waals surface area (Å²) in [6.07, 6.45) is 1.55. The van der Waals surface area contributed by atoms with Gasteiger partial charge in [0, 0.05) is 6.54 Å². The minimum Gasteiger partial charge on any atom is -0.486 e. The molecule has 3 rings (SSSR count). The first-order chi connectivity index (χ1) is 12.9. The van der Waals surface area contributed by atoms with Gasteiger partial charge >= 0.3 is 6.03 Å². The van der Waals surface area contributed by atoms with Gasteiger partial charge in [-0.3, -0.25) is 9.69 Å². The largest absolute Gasteiger partial charge is 0.486 e. The zero-order valence-electron chi connectivity index (χ0n) is 14.3. The van der Waals surface area contributed by atoms with Gasteiger partial charge in [-0.2, -0.15) is 0 Å². The zero-order chi connectivity index (χ0) is 19.6. The Morgan fingerprint density at radius 1 is 1.26 bits per heavy atom. The Hall–Kier alpha value is -2.38. The van der Waals surface area contributed by atoms with Crippen LogP contribution in [-0.2, 0) is 11.4 Å². The van der Waals surface area contributed by atoms with E-state index >= 15 is 0 Å². The molecule has 0 atom stereocenters. The van der Waals surface area contributed by atoms with Crippen LogP contribution >= 0.6 is 27.5 Å². The summed E-state index contributed by atoms with van der Waals surface area (Å²) in [5, 5.41) is 2.87. The van der Waals surface area contributed by atoms with E-state index in [1.165, 1.54) is 12.1 Å². The van der Waals surface area contributed by atoms with Crippen molar-refractivity contribution in [1.82, 2.24) is 10.2 Å². The van der Waals surface area contributed by atoms with Crippen LogP contribution in [0, 0.1) is 5.82 Å². The lowest BCUT2D eigenvalue weighted by molar-refractivity contribution is -0.122. The highest BCUT2D eigenvalue weighted by atomic mass is 79.9. The Bertz CT molecular complexity index is 908. The quantitative estimate of drug-likeness (QED) is 0.526. The van der Waals surface area contributed by atoms with Gasteiger partial charge < -0.3 is 10.1 Å². The summed E-state index contributed by atoms with van der Waals surface area (Å²) >= 11 is 9.71. The number of rotatable bonds is 5. The number of halogens is 3. The van der Waals surface area contributed by atoms with Gasteiger partial charge in [-0.05, 0) is 64.3 Å². The van der Waals surface area contributed by atoms with Crippen LogP contribution in [0.1, 0.15) is 18.1 Å². The van der Waals surface area contributed by atoms with Crippen LogP contribution in [-0.4, -0.2) is 23.4 Å². The van der Waals surface area contributed by atoms with Crippen LogP contribution in [0.4, 0.5) is 9.18 Å². The highest BCUT2D eigenvalue weighted by Gasteiger charge is 2.32. The monoisotopic (exact) mass is 452 g/mol. The number of urea groups is 1. The molecule has 0 aliphatic carbocycles. The number of hydrogen-bond acceptors (Lipinski definition) is 3. The number of carbonyl (C=O) groups is 2. The lowest BCUT2D eigenvalue weighted by atomic mass is 10.1. The van der Waals surface area contributed by atoms with Crippen molar-refractivity contribution in [1.29, 1.82) is 0 Å². The van der Waals surface area contributed by atoms with Gasteiger partial charge in [0.05, 0.1) is 9.50 Å². The standard InChI is InChI=1S/C19H15BrClFN2O3/c1-2-24-18(25)16(23-19(24)26)9-12-7-14(20)17(15(21)8-12)27-10-11-3-5-13(22)6-4-11/h3-9H,2,10H2,1H3,(H,23,26)/b16-9+. The Balaban J connectivity index is 1.79. The van der Waals surface area contributed by atoms with Crippen molar-refractivity contribution in [2.45, 2.75) is 13.5 Å². The van der Waals surface area contributed by atoms with Crippen molar-refractivity contribution in [3.05, 3.63) is 68.5 Å². The normalized spacial score (nSPS) is 15.4. The van der Waals surface area contributed by atoms with Gasteiger partial charge in [-0.15, -0.1) is 0 Å². The summed E-state index contributed by atoms with van der Waals surface area (Å²) in [5.41, 5.74) is 1.61. The van der Waals surface area contributed by atoms with E-state index in [4.69, 9.17) is 16.3 Å². The second-order valence-electron chi connectivity index (χ2n) is 5.77. The lowest BCUT2D eigenvalue weighted by Crippen LogP contribution is -2.30. The van der Waals surface area contributed by atoms with E-state index in [1.807, 2.05) is 0 Å². The number of likely N-dealkylation sites (N-methyl/N-ethyl adjacent to an activating group) is 1. The van der Waals surface area contributed by atoms with Crippen LogP contribution in [0.25, 0.3) is 6.08 Å². The topological polar surface area (TPSA) is 58.6 Å². The van der Waals surface area contributed by atoms with Crippen LogP contribution in [0.2, 0.25) is 5.02 Å². The van der Waals surface area contributed by atoms with Crippen molar-refractivity contribution in [3.8, 4) is 5.75 Å². The maximum Gasteiger partial charge on any atom is 0.328 e. The van der Waals surface area contributed by atoms with Crippen molar-refractivity contribution in [2.75, 3.05) is 6.54 Å². The van der Waals surface area contributed by atoms with Crippen molar-refractivity contribution >= 4 is 45.5 Å². The molecule has 0 unspecified atom stereocenters. The number of carbonyl (C=O) groups excluding carboxylic acids is 2. The molecule has 3 amide bonds. The highest BCUT2D eigenvalue weighted by molar-refractivity contribution is 9.10. The first kappa shape index (κ1) is 19.4. The van der Waals surface area contributed by atoms with E-state index in [-0.39, 0.29) is 24.0 Å². The fraction of sp³-hybridized carbons (Fsp3) is 0.158. The van der Waals surface area contributed by atoms with E-state index in [0.717, 1.165) is 10.5 Å². The summed E-state index contributed by atoms with van der Waals surface area (Å²) < 4.78 is 19.3. The average Bonchev–Trinajstić information content (AvgIpc) is 2.88. The van der Waals surface area contributed by atoms with Gasteiger partial charge in [-0.1, -0.05) is 23.7 Å². The molecule has 2 aromatic rings. The van der Waals surface area contributed by atoms with E-state index in [1.54, 1.807) is 37.3 Å². The molecule has 27 heavy (non-hydrogen) atoms. The second kappa shape index (κ2) is 8.10. The molecular formula is C19H15BrClFN2O3. The molecule has 1 heterocycles. The van der Waals surface area contributed by atoms with Crippen molar-refractivity contribution in [2.24, 2.45) is 0 Å². The molecule has 140 valence electrons. The number of nitrogens with zero attached hydrogens (tertiary/aromatic N) is 1. The van der Waals surface area contributed by atoms with Crippen LogP contribution < -0.4 is 10.1 Å². The van der Waals surface area contributed by atoms with Crippen LogP contribution in [0.3, 0.4) is 0 Å². The van der Waals surface area contributed by atoms with Gasteiger partial charge in [0.1, 0.15) is 18.1 Å². The fourth-order valence-electron chi connectivity index (χ4n) is 2.56. The predicted molar refractivity (Wildman–Crippen MR) is 104 cm³/mol. The summed E-state index contributed by atoms with van der Waals surface area (Å²) in [7, 11) is 0. The summed E-state index contributed by atoms with van der Waals surface area (Å²) in [5.74, 6) is -0.267. The molecule has 1 fully saturated rings. The van der Waals surface area contributed by atoms with Crippen LogP contribution in [0.15, 0.2) is 46.6 Å². The molecule has 1 N–H and O–H groups in total. The molecule has 0 spiro atoms. The molecule has 0 radical (unpaired) electrons. The summed E-state index contributed by atoms with van der Waals surface area (Å²) in [6.45, 7) is 2.24. The first-order valence-electron chi connectivity index (χ1n) is 8.10. The summed E-state index contributed by atoms with van der Waals surface area (Å²) in [4.78, 5) is 25.0. The van der Waals surface area contributed by atoms with Crippen molar-refractivity contribution in [3.63, 3.8) is 0 Å². The minimum absolute atomic E-state index is 0.185. The molecule has 2 aromatic carbocycles. The SMILES string of the molecule is CCN1C(=O)N/C(=C/c2cc(Cl)c(OCc3ccc(F)cc3)c(Br)c2)C1=O. The Morgan fingerprint density at radius 2 is 1.96 bits per heavy atom. The number of nitrogens with one attached hydrogen (secondary N) is 1. The van der Waals surface area contributed by atoms with Crippen molar-refractivity contribution < 1.29 is 18.7 Å². The predicted octanol–water partition coefficient (Wildman–Crippen LogP) is 4.73. The third-order valence-electron chi connectivity index (χ3n) is 3.91. The number of imide groups is 1. The number of hydrogen-bond donors (Lipinski definition) is 1. The molecule has 0 saturated carbocycles. The Kier molecular flexibility index (Phi) is 5.82. The molecule has 0 aromatic heterocycles. The number of benzene rings is 2. The van der Waals surface area contributed by atoms with Gasteiger partial charge in [-0.25, -0.2) is 9.18 Å². The first-order valence-corrected chi connectivity index (χ1v) is 9.27. The van der Waals surface area contributed by atoms with Gasteiger partial charge in [0.15, 0.2) is 5.75 Å². The molecule has 1 aliphatic rings. The molecular weight excluding hydrogens is 439 g/mol. The fourth-order valence-corrected chi connectivity index (χ4v) is 3.55. The minimum atomic E-state index is -0.446. The summed E-state index contributed by atoms with van der Waals surface area (Å²) in [6, 6.07) is 8.89. The maximum absolute atomic E-state index is 13.0. The third-order valence-corrected chi connectivity index (χ3v) is 4.78. The zero-order valence-corrected chi connectivity index (χ0v) is 16.6. The smallest absolute Gasteiger partial charge is 0.328 e. The molecule has 1 aliphatic heterocycles. The Morgan fingerprint density at radius 3 is 2.56 bits per heavy atom. The van der Waals surface area contributed by atoms with E-state index in [9.17, 15) is 14.0 Å².